The van der Waals surface area contributed by atoms with E-state index in [4.69, 9.17) is 9.98 Å². The van der Waals surface area contributed by atoms with Gasteiger partial charge in [-0.05, 0) is 106 Å². The molecule has 288 valence electrons. The number of aliphatic imine (C=N–C) groups is 1. The third-order valence-corrected chi connectivity index (χ3v) is 11.2. The summed E-state index contributed by atoms with van der Waals surface area (Å²) in [4.78, 5) is 12.2. The fourth-order valence-electron chi connectivity index (χ4n) is 8.08. The van der Waals surface area contributed by atoms with Crippen LogP contribution >= 0.6 is 0 Å². The van der Waals surface area contributed by atoms with Crippen molar-refractivity contribution >= 4 is 52.3 Å². The van der Waals surface area contributed by atoms with E-state index in [1.54, 1.807) is 0 Å². The number of para-hydroxylation sites is 3. The zero-order valence-corrected chi connectivity index (χ0v) is 33.1. The Morgan fingerprint density at radius 1 is 0.533 bits per heavy atom. The van der Waals surface area contributed by atoms with Gasteiger partial charge < -0.3 is 10.2 Å². The maximum Gasteiger partial charge on any atom is 0.145 e. The first-order valence-electron chi connectivity index (χ1n) is 20.6. The number of aromatic nitrogens is 2. The fraction of sp³-hybridized carbons (Fsp3) is 0.0545. The predicted molar refractivity (Wildman–Crippen MR) is 251 cm³/mol. The minimum Gasteiger partial charge on any atom is -0.380 e. The molecule has 1 aromatic heterocycles. The van der Waals surface area contributed by atoms with Gasteiger partial charge in [0.15, 0.2) is 0 Å². The highest BCUT2D eigenvalue weighted by Crippen LogP contribution is 2.38. The van der Waals surface area contributed by atoms with Crippen LogP contribution in [-0.4, -0.2) is 15.8 Å². The maximum absolute atomic E-state index is 5.07. The van der Waals surface area contributed by atoms with Crippen LogP contribution in [0, 0.1) is 0 Å². The molecule has 0 saturated heterocycles. The van der Waals surface area contributed by atoms with Crippen molar-refractivity contribution in [3.05, 3.63) is 228 Å². The zero-order chi connectivity index (χ0) is 40.1. The Morgan fingerprint density at radius 3 is 1.85 bits per heavy atom. The van der Waals surface area contributed by atoms with Gasteiger partial charge in [0.05, 0.1) is 22.8 Å². The average molecular weight is 774 g/mol. The second-order valence-corrected chi connectivity index (χ2v) is 15.0. The molecular formula is C55H43N5. The van der Waals surface area contributed by atoms with Crippen LogP contribution < -0.4 is 20.7 Å². The molecule has 0 spiro atoms. The molecule has 60 heavy (non-hydrogen) atoms. The van der Waals surface area contributed by atoms with Crippen LogP contribution in [0.25, 0.3) is 57.2 Å². The van der Waals surface area contributed by atoms with Crippen LogP contribution in [0.3, 0.4) is 0 Å². The largest absolute Gasteiger partial charge is 0.380 e. The summed E-state index contributed by atoms with van der Waals surface area (Å²) in [6.07, 6.45) is 18.7. The molecule has 7 aromatic carbocycles. The van der Waals surface area contributed by atoms with Gasteiger partial charge in [-0.1, -0.05) is 146 Å². The lowest BCUT2D eigenvalue weighted by Gasteiger charge is -2.27. The predicted octanol–water partition coefficient (Wildman–Crippen LogP) is 12.0. The van der Waals surface area contributed by atoms with Crippen molar-refractivity contribution in [1.29, 1.82) is 0 Å². The van der Waals surface area contributed by atoms with Crippen molar-refractivity contribution in [2.45, 2.75) is 18.9 Å². The Balaban J connectivity index is 0.967. The number of hydrogen-bond acceptors (Lipinski definition) is 4. The number of hydrogen-bond donors (Lipinski definition) is 1. The molecule has 1 atom stereocenters. The highest BCUT2D eigenvalue weighted by molar-refractivity contribution is 5.84. The highest BCUT2D eigenvalue weighted by atomic mass is 15.1. The molecule has 2 aliphatic rings. The number of nitrogens with zero attached hydrogens (tertiary/aromatic N) is 4. The summed E-state index contributed by atoms with van der Waals surface area (Å²) in [5, 5.41) is 6.04. The Labute approximate surface area is 350 Å². The van der Waals surface area contributed by atoms with E-state index in [2.05, 4.69) is 221 Å². The molecule has 5 heteroatoms. The molecule has 10 rings (SSSR count). The van der Waals surface area contributed by atoms with Crippen molar-refractivity contribution in [3.63, 3.8) is 0 Å². The second-order valence-electron chi connectivity index (χ2n) is 15.0. The molecule has 3 heterocycles. The summed E-state index contributed by atoms with van der Waals surface area (Å²) in [7, 11) is 0. The van der Waals surface area contributed by atoms with Gasteiger partial charge in [-0.3, -0.25) is 9.56 Å². The molecule has 1 N–H and O–H groups in total. The van der Waals surface area contributed by atoms with E-state index in [-0.39, 0.29) is 6.04 Å². The normalized spacial score (nSPS) is 15.7. The molecular weight excluding hydrogens is 731 g/mol. The average Bonchev–Trinajstić information content (AvgIpc) is 3.72. The number of benzene rings is 7. The SMILES string of the molecule is C1=NC(c2ccc(N(c3ccc(-c4ccc(-c5nc6ccccc6n5-c5ccccc5)cc4)cc3)c3ccc(C4C=c5ccccc5=CN4)cc3)cc2)=CC/C=C\C=C/C1. The van der Waals surface area contributed by atoms with Crippen LogP contribution in [0.5, 0.6) is 0 Å². The molecule has 0 amide bonds. The van der Waals surface area contributed by atoms with Crippen molar-refractivity contribution in [2.75, 3.05) is 4.90 Å². The van der Waals surface area contributed by atoms with E-state index in [9.17, 15) is 0 Å². The summed E-state index contributed by atoms with van der Waals surface area (Å²) in [6, 6.07) is 62.7. The second kappa shape index (κ2) is 16.6. The number of allylic oxidation sites excluding steroid dienone is 5. The summed E-state index contributed by atoms with van der Waals surface area (Å²) in [6.45, 7) is 0. The Kier molecular flexibility index (Phi) is 10.1. The lowest BCUT2D eigenvalue weighted by atomic mass is 10.0. The Morgan fingerprint density at radius 2 is 1.12 bits per heavy atom. The first kappa shape index (κ1) is 36.6. The third-order valence-electron chi connectivity index (χ3n) is 11.2. The van der Waals surface area contributed by atoms with E-state index < -0.39 is 0 Å². The van der Waals surface area contributed by atoms with Gasteiger partial charge in [-0.2, -0.15) is 0 Å². The van der Waals surface area contributed by atoms with Gasteiger partial charge in [0.25, 0.3) is 0 Å². The first-order valence-corrected chi connectivity index (χ1v) is 20.6. The number of imidazole rings is 1. The monoisotopic (exact) mass is 773 g/mol. The van der Waals surface area contributed by atoms with E-state index in [1.165, 1.54) is 16.0 Å². The highest BCUT2D eigenvalue weighted by Gasteiger charge is 2.17. The topological polar surface area (TPSA) is 45.5 Å². The van der Waals surface area contributed by atoms with Gasteiger partial charge in [-0.15, -0.1) is 0 Å². The lowest BCUT2D eigenvalue weighted by Crippen LogP contribution is -2.34. The van der Waals surface area contributed by atoms with Crippen molar-refractivity contribution < 1.29 is 0 Å². The Hall–Kier alpha value is -7.76. The molecule has 0 bridgehead atoms. The van der Waals surface area contributed by atoms with Gasteiger partial charge in [0.1, 0.15) is 5.82 Å². The van der Waals surface area contributed by atoms with Crippen molar-refractivity contribution in [2.24, 2.45) is 4.99 Å². The molecule has 5 nitrogen and oxygen atoms in total. The summed E-state index contributed by atoms with van der Waals surface area (Å²) in [5.41, 5.74) is 13.0. The van der Waals surface area contributed by atoms with Crippen molar-refractivity contribution in [3.8, 4) is 28.2 Å². The van der Waals surface area contributed by atoms with Crippen LogP contribution in [0.4, 0.5) is 17.1 Å². The molecule has 0 fully saturated rings. The fourth-order valence-corrected chi connectivity index (χ4v) is 8.08. The smallest absolute Gasteiger partial charge is 0.145 e. The quantitative estimate of drug-likeness (QED) is 0.167. The first-order chi connectivity index (χ1) is 29.7. The molecule has 0 saturated carbocycles. The summed E-state index contributed by atoms with van der Waals surface area (Å²) < 4.78 is 2.24. The number of nitrogens with one attached hydrogen (secondary N) is 1. The van der Waals surface area contributed by atoms with Gasteiger partial charge in [0.2, 0.25) is 0 Å². The molecule has 2 aliphatic heterocycles. The van der Waals surface area contributed by atoms with Crippen molar-refractivity contribution in [1.82, 2.24) is 14.9 Å². The third kappa shape index (κ3) is 7.52. The molecule has 0 aliphatic carbocycles. The number of fused-ring (bicyclic) bond motifs is 2. The lowest BCUT2D eigenvalue weighted by molar-refractivity contribution is 0.814. The zero-order valence-electron chi connectivity index (χ0n) is 33.1. The minimum absolute atomic E-state index is 0.0984. The summed E-state index contributed by atoms with van der Waals surface area (Å²) in [5.74, 6) is 0.926. The molecule has 1 unspecified atom stereocenters. The van der Waals surface area contributed by atoms with Crippen LogP contribution in [0.2, 0.25) is 0 Å². The van der Waals surface area contributed by atoms with Gasteiger partial charge >= 0.3 is 0 Å². The molecule has 8 aromatic rings. The minimum atomic E-state index is 0.0984. The van der Waals surface area contributed by atoms with E-state index >= 15 is 0 Å². The Bertz CT molecular complexity index is 3030. The van der Waals surface area contributed by atoms with E-state index in [0.717, 1.165) is 80.4 Å². The van der Waals surface area contributed by atoms with E-state index in [0.29, 0.717) is 0 Å². The van der Waals surface area contributed by atoms with Crippen LogP contribution in [0.1, 0.15) is 30.0 Å². The van der Waals surface area contributed by atoms with Crippen LogP contribution in [0.15, 0.2) is 211 Å². The standard InChI is InChI=1S/C55H43N5/c1-2-4-13-37-56-51(18-8-3-1)42-27-33-49(34-28-42)59(50-35-29-43(30-36-50)53-38-45-14-9-10-15-46(45)39-57-53)48-31-25-41(26-32-48)40-21-23-44(24-22-40)55-58-52-19-11-12-20-54(52)60(55)47-16-6-5-7-17-47/h1-7,9-12,14-39,53,57H,8,13H2/b3-1-,4-2-,51-18?,56-37?. The van der Waals surface area contributed by atoms with Gasteiger partial charge in [-0.25, -0.2) is 4.98 Å². The maximum atomic E-state index is 5.07. The number of anilines is 3. The van der Waals surface area contributed by atoms with E-state index in [1.807, 2.05) is 18.3 Å². The van der Waals surface area contributed by atoms with Crippen LogP contribution in [-0.2, 0) is 0 Å². The summed E-state index contributed by atoms with van der Waals surface area (Å²) >= 11 is 0. The molecule has 0 radical (unpaired) electrons. The number of rotatable bonds is 8. The van der Waals surface area contributed by atoms with Gasteiger partial charge in [0, 0.05) is 47.1 Å².